The fourth-order valence-corrected chi connectivity index (χ4v) is 3.60. The summed E-state index contributed by atoms with van der Waals surface area (Å²) in [5.74, 6) is -0.151. The molecule has 2 aromatic heterocycles. The van der Waals surface area contributed by atoms with Crippen LogP contribution in [0.5, 0.6) is 0 Å². The number of hydrogen-bond donors (Lipinski definition) is 1. The minimum absolute atomic E-state index is 0.00318. The number of carbonyl (C=O) groups excluding carboxylic acids is 2. The fraction of sp³-hybridized carbons (Fsp3) is 0.529. The first-order chi connectivity index (χ1) is 12.3. The van der Waals surface area contributed by atoms with Gasteiger partial charge in [0.25, 0.3) is 0 Å². The van der Waals surface area contributed by atoms with Gasteiger partial charge < -0.3 is 14.8 Å². The molecule has 3 atom stereocenters. The number of likely N-dealkylation sites (N-methyl/N-ethyl adjacent to an activating group) is 2. The molecule has 1 aliphatic rings. The molecule has 1 fully saturated rings. The maximum Gasteiger partial charge on any atom is 0.243 e. The first-order valence-corrected chi connectivity index (χ1v) is 8.47. The molecule has 140 valence electrons. The van der Waals surface area contributed by atoms with Crippen molar-refractivity contribution in [1.29, 1.82) is 0 Å². The quantitative estimate of drug-likeness (QED) is 0.802. The van der Waals surface area contributed by atoms with Crippen LogP contribution < -0.4 is 5.32 Å². The second-order valence-electron chi connectivity index (χ2n) is 6.94. The van der Waals surface area contributed by atoms with E-state index in [4.69, 9.17) is 0 Å². The summed E-state index contributed by atoms with van der Waals surface area (Å²) in [4.78, 5) is 33.0. The average Bonchev–Trinajstić information content (AvgIpc) is 3.22. The van der Waals surface area contributed by atoms with Crippen LogP contribution in [0.2, 0.25) is 0 Å². The largest absolute Gasteiger partial charge is 0.349 e. The maximum absolute atomic E-state index is 13.1. The molecule has 26 heavy (non-hydrogen) atoms. The molecule has 3 heterocycles. The van der Waals surface area contributed by atoms with E-state index in [-0.39, 0.29) is 30.3 Å². The number of aryl methyl sites for hydroxylation is 2. The van der Waals surface area contributed by atoms with Gasteiger partial charge in [0.2, 0.25) is 11.8 Å². The number of hydrogen-bond acceptors (Lipinski definition) is 5. The van der Waals surface area contributed by atoms with Crippen LogP contribution in [-0.4, -0.2) is 68.1 Å². The summed E-state index contributed by atoms with van der Waals surface area (Å²) in [7, 11) is 9.15. The Morgan fingerprint density at radius 2 is 2.08 bits per heavy atom. The lowest BCUT2D eigenvalue weighted by atomic mass is 10.0. The van der Waals surface area contributed by atoms with E-state index in [0.29, 0.717) is 0 Å². The molecule has 2 amide bonds. The first-order valence-electron chi connectivity index (χ1n) is 8.47. The van der Waals surface area contributed by atoms with E-state index in [2.05, 4.69) is 15.4 Å². The molecular weight excluding hydrogens is 334 g/mol. The van der Waals surface area contributed by atoms with Crippen LogP contribution in [0.4, 0.5) is 0 Å². The van der Waals surface area contributed by atoms with E-state index in [1.54, 1.807) is 35.4 Å². The zero-order chi connectivity index (χ0) is 19.0. The third-order valence-electron chi connectivity index (χ3n) is 4.97. The molecule has 0 spiro atoms. The van der Waals surface area contributed by atoms with Crippen molar-refractivity contribution in [3.63, 3.8) is 0 Å². The molecule has 0 bridgehead atoms. The van der Waals surface area contributed by atoms with Crippen molar-refractivity contribution in [3.05, 3.63) is 36.2 Å². The lowest BCUT2D eigenvalue weighted by Gasteiger charge is -2.29. The predicted octanol–water partition coefficient (Wildman–Crippen LogP) is -0.155. The fourth-order valence-electron chi connectivity index (χ4n) is 3.60. The van der Waals surface area contributed by atoms with Crippen molar-refractivity contribution in [2.75, 3.05) is 21.1 Å². The topological polar surface area (TPSA) is 88.3 Å². The number of likely N-dealkylation sites (tertiary alicyclic amines) is 1. The van der Waals surface area contributed by atoms with Gasteiger partial charge in [0.15, 0.2) is 0 Å². The van der Waals surface area contributed by atoms with Gasteiger partial charge in [-0.2, -0.15) is 5.10 Å². The Morgan fingerprint density at radius 3 is 2.62 bits per heavy atom. The van der Waals surface area contributed by atoms with Gasteiger partial charge in [-0.05, 0) is 20.2 Å². The number of carbonyl (C=O) groups is 2. The van der Waals surface area contributed by atoms with Crippen LogP contribution >= 0.6 is 0 Å². The Balaban J connectivity index is 1.86. The first kappa shape index (κ1) is 18.1. The normalized spacial score (nSPS) is 21.5. The number of nitrogens with one attached hydrogen (secondary N) is 1. The molecule has 9 heteroatoms. The van der Waals surface area contributed by atoms with Crippen LogP contribution in [-0.2, 0) is 23.7 Å². The van der Waals surface area contributed by atoms with Gasteiger partial charge >= 0.3 is 0 Å². The monoisotopic (exact) mass is 359 g/mol. The number of aromatic nitrogens is 4. The Labute approximate surface area is 152 Å². The van der Waals surface area contributed by atoms with Crippen molar-refractivity contribution < 1.29 is 9.59 Å². The summed E-state index contributed by atoms with van der Waals surface area (Å²) in [6.07, 6.45) is 5.33. The molecule has 1 N–H and O–H groups in total. The number of nitrogens with zero attached hydrogens (tertiary/aromatic N) is 6. The van der Waals surface area contributed by atoms with E-state index in [9.17, 15) is 9.59 Å². The molecular formula is C17H25N7O2. The Hall–Kier alpha value is -2.68. The van der Waals surface area contributed by atoms with Crippen LogP contribution in [0.3, 0.4) is 0 Å². The van der Waals surface area contributed by atoms with Crippen molar-refractivity contribution in [3.8, 4) is 0 Å². The van der Waals surface area contributed by atoms with E-state index >= 15 is 0 Å². The average molecular weight is 359 g/mol. The zero-order valence-electron chi connectivity index (χ0n) is 15.7. The SMILES string of the molecule is CN(C)C(C(=O)N[C@@H]1CC(=O)N(C)[C@H]1c1ccnn1C)c1cncn1C. The highest BCUT2D eigenvalue weighted by atomic mass is 16.2. The van der Waals surface area contributed by atoms with Crippen LogP contribution in [0.25, 0.3) is 0 Å². The molecule has 1 unspecified atom stereocenters. The summed E-state index contributed by atoms with van der Waals surface area (Å²) in [6.45, 7) is 0. The van der Waals surface area contributed by atoms with Gasteiger partial charge in [-0.3, -0.25) is 19.2 Å². The highest BCUT2D eigenvalue weighted by molar-refractivity contribution is 5.86. The van der Waals surface area contributed by atoms with E-state index in [1.807, 2.05) is 43.7 Å². The second-order valence-corrected chi connectivity index (χ2v) is 6.94. The smallest absolute Gasteiger partial charge is 0.243 e. The van der Waals surface area contributed by atoms with Crippen LogP contribution in [0.15, 0.2) is 24.8 Å². The predicted molar refractivity (Wildman–Crippen MR) is 94.9 cm³/mol. The molecule has 2 aromatic rings. The summed E-state index contributed by atoms with van der Waals surface area (Å²) in [6, 6.07) is 0.832. The summed E-state index contributed by atoms with van der Waals surface area (Å²) >= 11 is 0. The Bertz CT molecular complexity index is 810. The molecule has 0 saturated carbocycles. The van der Waals surface area contributed by atoms with Gasteiger partial charge in [-0.1, -0.05) is 0 Å². The number of amides is 2. The Morgan fingerprint density at radius 1 is 1.35 bits per heavy atom. The van der Waals surface area contributed by atoms with Crippen LogP contribution in [0.1, 0.15) is 29.9 Å². The molecule has 0 aromatic carbocycles. The zero-order valence-corrected chi connectivity index (χ0v) is 15.7. The highest BCUT2D eigenvalue weighted by Crippen LogP contribution is 2.32. The van der Waals surface area contributed by atoms with E-state index < -0.39 is 6.04 Å². The lowest BCUT2D eigenvalue weighted by molar-refractivity contribution is -0.128. The molecule has 1 saturated heterocycles. The van der Waals surface area contributed by atoms with Crippen molar-refractivity contribution in [1.82, 2.24) is 34.4 Å². The lowest BCUT2D eigenvalue weighted by Crippen LogP contribution is -2.45. The summed E-state index contributed by atoms with van der Waals surface area (Å²) < 4.78 is 3.57. The van der Waals surface area contributed by atoms with Gasteiger partial charge in [-0.15, -0.1) is 0 Å². The molecule has 3 rings (SSSR count). The summed E-state index contributed by atoms with van der Waals surface area (Å²) in [5, 5.41) is 7.27. The van der Waals surface area contributed by atoms with Gasteiger partial charge in [-0.25, -0.2) is 4.98 Å². The van der Waals surface area contributed by atoms with E-state index in [0.717, 1.165) is 11.4 Å². The molecule has 0 radical (unpaired) electrons. The third kappa shape index (κ3) is 3.10. The van der Waals surface area contributed by atoms with Crippen molar-refractivity contribution in [2.45, 2.75) is 24.5 Å². The minimum Gasteiger partial charge on any atom is -0.349 e. The van der Waals surface area contributed by atoms with Gasteiger partial charge in [0.05, 0.1) is 36.0 Å². The highest BCUT2D eigenvalue weighted by Gasteiger charge is 2.42. The van der Waals surface area contributed by atoms with Crippen molar-refractivity contribution in [2.24, 2.45) is 14.1 Å². The maximum atomic E-state index is 13.1. The van der Waals surface area contributed by atoms with Crippen molar-refractivity contribution >= 4 is 11.8 Å². The van der Waals surface area contributed by atoms with E-state index in [1.165, 1.54) is 0 Å². The Kier molecular flexibility index (Phi) is 4.82. The number of rotatable bonds is 5. The number of imidazole rings is 1. The second kappa shape index (κ2) is 6.91. The molecule has 0 aliphatic carbocycles. The standard InChI is InChI=1S/C17H25N7O2/c1-21(2)16(13-9-18-10-22(13)3)17(26)20-11-8-14(25)23(4)15(11)12-6-7-19-24(12)5/h6-7,9-11,15-16H,8H2,1-5H3,(H,20,26)/t11-,15-,16?/m1/s1. The van der Waals surface area contributed by atoms with Gasteiger partial charge in [0, 0.05) is 33.8 Å². The minimum atomic E-state index is -0.490. The van der Waals surface area contributed by atoms with Crippen LogP contribution in [0, 0.1) is 0 Å². The molecule has 9 nitrogen and oxygen atoms in total. The third-order valence-corrected chi connectivity index (χ3v) is 4.97. The van der Waals surface area contributed by atoms with Gasteiger partial charge in [0.1, 0.15) is 6.04 Å². The summed E-state index contributed by atoms with van der Waals surface area (Å²) in [5.41, 5.74) is 1.69. The molecule has 1 aliphatic heterocycles.